The van der Waals surface area contributed by atoms with E-state index in [4.69, 9.17) is 4.74 Å². The second-order valence-electron chi connectivity index (χ2n) is 7.21. The van der Waals surface area contributed by atoms with Gasteiger partial charge in [0.1, 0.15) is 0 Å². The maximum atomic E-state index is 11.8. The van der Waals surface area contributed by atoms with E-state index in [1.165, 1.54) is 0 Å². The molecule has 1 aromatic rings. The summed E-state index contributed by atoms with van der Waals surface area (Å²) in [6.07, 6.45) is 0. The van der Waals surface area contributed by atoms with Crippen LogP contribution >= 0.6 is 24.0 Å². The molecule has 1 atom stereocenters. The van der Waals surface area contributed by atoms with Crippen LogP contribution < -0.4 is 16.0 Å². The molecule has 0 saturated carbocycles. The van der Waals surface area contributed by atoms with Gasteiger partial charge >= 0.3 is 0 Å². The zero-order valence-electron chi connectivity index (χ0n) is 17.5. The summed E-state index contributed by atoms with van der Waals surface area (Å²) in [7, 11) is 1.61. The van der Waals surface area contributed by atoms with E-state index < -0.39 is 5.60 Å². The lowest BCUT2D eigenvalue weighted by Gasteiger charge is -2.34. The number of aliphatic hydroxyl groups is 1. The molecule has 0 aromatic heterocycles. The summed E-state index contributed by atoms with van der Waals surface area (Å²) in [5.41, 5.74) is 0.673. The van der Waals surface area contributed by atoms with Gasteiger partial charge in [0.15, 0.2) is 5.96 Å². The molecule has 1 amide bonds. The molecule has 1 aliphatic rings. The van der Waals surface area contributed by atoms with Crippen LogP contribution in [0.25, 0.3) is 0 Å². The Hall–Kier alpha value is -1.43. The van der Waals surface area contributed by atoms with E-state index >= 15 is 0 Å². The number of nitrogens with zero attached hydrogens (tertiary/aromatic N) is 2. The fraction of sp³-hybridized carbons (Fsp3) is 0.600. The Morgan fingerprint density at radius 2 is 2.03 bits per heavy atom. The highest BCUT2D eigenvalue weighted by molar-refractivity contribution is 14.0. The minimum atomic E-state index is -0.882. The van der Waals surface area contributed by atoms with Gasteiger partial charge in [-0.2, -0.15) is 0 Å². The number of guanidine groups is 1. The fourth-order valence-corrected chi connectivity index (χ4v) is 3.04. The monoisotopic (exact) mass is 519 g/mol. The van der Waals surface area contributed by atoms with Crippen LogP contribution in [0.5, 0.6) is 0 Å². The third-order valence-corrected chi connectivity index (χ3v) is 4.48. The maximum absolute atomic E-state index is 11.8. The predicted molar refractivity (Wildman–Crippen MR) is 126 cm³/mol. The van der Waals surface area contributed by atoms with Gasteiger partial charge in [-0.3, -0.25) is 9.69 Å². The van der Waals surface area contributed by atoms with Gasteiger partial charge in [0, 0.05) is 45.3 Å². The number of amides is 1. The van der Waals surface area contributed by atoms with Crippen molar-refractivity contribution in [2.45, 2.75) is 26.0 Å². The van der Waals surface area contributed by atoms with Crippen molar-refractivity contribution in [1.82, 2.24) is 20.9 Å². The molecule has 1 aliphatic heterocycles. The van der Waals surface area contributed by atoms with Crippen LogP contribution in [0, 0.1) is 0 Å². The second-order valence-corrected chi connectivity index (χ2v) is 7.21. The van der Waals surface area contributed by atoms with Crippen LogP contribution in [0.1, 0.15) is 29.8 Å². The van der Waals surface area contributed by atoms with Gasteiger partial charge < -0.3 is 25.8 Å². The third kappa shape index (κ3) is 9.28. The number of β-amino-alcohol motifs (C(OH)–C–C–N with tert-alkyl or cyclic N) is 1. The van der Waals surface area contributed by atoms with Crippen LogP contribution in [-0.2, 0) is 11.3 Å². The molecule has 0 aliphatic carbocycles. The first kappa shape index (κ1) is 25.6. The Labute approximate surface area is 190 Å². The summed E-state index contributed by atoms with van der Waals surface area (Å²) < 4.78 is 5.36. The number of halogens is 1. The highest BCUT2D eigenvalue weighted by Gasteiger charge is 2.25. The average Bonchev–Trinajstić information content (AvgIpc) is 2.70. The molecule has 0 spiro atoms. The Kier molecular flexibility index (Phi) is 11.5. The number of benzene rings is 1. The van der Waals surface area contributed by atoms with Crippen molar-refractivity contribution in [2.75, 3.05) is 53.0 Å². The number of carbonyl (C=O) groups excluding carboxylic acids is 1. The van der Waals surface area contributed by atoms with Crippen LogP contribution in [0.2, 0.25) is 0 Å². The Morgan fingerprint density at radius 1 is 1.31 bits per heavy atom. The van der Waals surface area contributed by atoms with E-state index in [2.05, 4.69) is 25.8 Å². The lowest BCUT2D eigenvalue weighted by atomic mass is 10.1. The Morgan fingerprint density at radius 3 is 2.69 bits per heavy atom. The summed E-state index contributed by atoms with van der Waals surface area (Å²) in [5, 5.41) is 19.8. The van der Waals surface area contributed by atoms with E-state index in [0.29, 0.717) is 44.4 Å². The first-order valence-electron chi connectivity index (χ1n) is 9.79. The normalized spacial score (nSPS) is 17.0. The zero-order valence-corrected chi connectivity index (χ0v) is 19.9. The molecule has 8 nitrogen and oxygen atoms in total. The SMILES string of the molecule is CCNC(=NCc1cccc(C(=O)NC)c1)NCC(C)(O)CN1CCOCC1.I. The predicted octanol–water partition coefficient (Wildman–Crippen LogP) is 0.803. The Balaban J connectivity index is 0.00000420. The lowest BCUT2D eigenvalue weighted by Crippen LogP contribution is -2.52. The number of ether oxygens (including phenoxy) is 1. The molecule has 9 heteroatoms. The summed E-state index contributed by atoms with van der Waals surface area (Å²) >= 11 is 0. The molecule has 1 unspecified atom stereocenters. The fourth-order valence-electron chi connectivity index (χ4n) is 3.04. The van der Waals surface area contributed by atoms with E-state index in [1.807, 2.05) is 32.0 Å². The summed E-state index contributed by atoms with van der Waals surface area (Å²) in [6.45, 7) is 9.04. The molecule has 4 N–H and O–H groups in total. The van der Waals surface area contributed by atoms with E-state index in [9.17, 15) is 9.90 Å². The number of carbonyl (C=O) groups is 1. The van der Waals surface area contributed by atoms with Gasteiger partial charge in [0.25, 0.3) is 5.91 Å². The van der Waals surface area contributed by atoms with E-state index in [1.54, 1.807) is 13.1 Å². The average molecular weight is 519 g/mol. The molecule has 29 heavy (non-hydrogen) atoms. The molecule has 0 radical (unpaired) electrons. The molecule has 1 aromatic carbocycles. The van der Waals surface area contributed by atoms with Gasteiger partial charge in [0.05, 0.1) is 25.4 Å². The number of hydrogen-bond acceptors (Lipinski definition) is 5. The number of hydrogen-bond donors (Lipinski definition) is 4. The topological polar surface area (TPSA) is 98.2 Å². The molecule has 1 heterocycles. The van der Waals surface area contributed by atoms with Gasteiger partial charge in [-0.25, -0.2) is 4.99 Å². The standard InChI is InChI=1S/C20H33N5O3.HI/c1-4-22-19(23-13-16-6-5-7-17(12-16)18(26)21-3)24-14-20(2,27)15-25-8-10-28-11-9-25;/h5-7,12,27H,4,8-11,13-15H2,1-3H3,(H,21,26)(H2,22,23,24);1H. The largest absolute Gasteiger partial charge is 0.387 e. The van der Waals surface area contributed by atoms with Crippen LogP contribution in [-0.4, -0.2) is 80.5 Å². The molecular formula is C20H34IN5O3. The highest BCUT2D eigenvalue weighted by atomic mass is 127. The molecule has 2 rings (SSSR count). The van der Waals surface area contributed by atoms with Crippen molar-refractivity contribution < 1.29 is 14.6 Å². The Bertz CT molecular complexity index is 663. The van der Waals surface area contributed by atoms with Crippen molar-refractivity contribution in [1.29, 1.82) is 0 Å². The number of morpholine rings is 1. The summed E-state index contributed by atoms with van der Waals surface area (Å²) in [5.74, 6) is 0.519. The highest BCUT2D eigenvalue weighted by Crippen LogP contribution is 2.09. The molecule has 0 bridgehead atoms. The van der Waals surface area contributed by atoms with Crippen LogP contribution in [0.15, 0.2) is 29.3 Å². The summed E-state index contributed by atoms with van der Waals surface area (Å²) in [6, 6.07) is 7.40. The minimum absolute atomic E-state index is 0. The van der Waals surface area contributed by atoms with Crippen molar-refractivity contribution >= 4 is 35.8 Å². The van der Waals surface area contributed by atoms with E-state index in [-0.39, 0.29) is 29.9 Å². The molecule has 1 fully saturated rings. The minimum Gasteiger partial charge on any atom is -0.387 e. The molecule has 1 saturated heterocycles. The van der Waals surface area contributed by atoms with Gasteiger partial charge in [-0.1, -0.05) is 12.1 Å². The number of aliphatic imine (C=N–C) groups is 1. The summed E-state index contributed by atoms with van der Waals surface area (Å²) in [4.78, 5) is 18.6. The number of rotatable bonds is 8. The third-order valence-electron chi connectivity index (χ3n) is 4.48. The smallest absolute Gasteiger partial charge is 0.251 e. The molecular weight excluding hydrogens is 485 g/mol. The van der Waals surface area contributed by atoms with Crippen molar-refractivity contribution in [3.05, 3.63) is 35.4 Å². The number of nitrogens with one attached hydrogen (secondary N) is 3. The van der Waals surface area contributed by atoms with Gasteiger partial charge in [0.2, 0.25) is 0 Å². The van der Waals surface area contributed by atoms with E-state index in [0.717, 1.165) is 25.2 Å². The maximum Gasteiger partial charge on any atom is 0.251 e. The second kappa shape index (κ2) is 13.0. The van der Waals surface area contributed by atoms with Crippen molar-refractivity contribution in [3.63, 3.8) is 0 Å². The van der Waals surface area contributed by atoms with Crippen molar-refractivity contribution in [3.8, 4) is 0 Å². The van der Waals surface area contributed by atoms with Crippen LogP contribution in [0.4, 0.5) is 0 Å². The lowest BCUT2D eigenvalue weighted by molar-refractivity contribution is -0.0201. The quantitative estimate of drug-likeness (QED) is 0.231. The first-order valence-corrected chi connectivity index (χ1v) is 9.79. The first-order chi connectivity index (χ1) is 13.4. The zero-order chi connectivity index (χ0) is 20.4. The molecule has 164 valence electrons. The van der Waals surface area contributed by atoms with Gasteiger partial charge in [-0.15, -0.1) is 24.0 Å². The van der Waals surface area contributed by atoms with Gasteiger partial charge in [-0.05, 0) is 31.5 Å². The van der Waals surface area contributed by atoms with Crippen LogP contribution in [0.3, 0.4) is 0 Å². The van der Waals surface area contributed by atoms with Crippen molar-refractivity contribution in [2.24, 2.45) is 4.99 Å².